The number of ketones is 1. The predicted molar refractivity (Wildman–Crippen MR) is 161 cm³/mol. The lowest BCUT2D eigenvalue weighted by molar-refractivity contribution is -0.146. The summed E-state index contributed by atoms with van der Waals surface area (Å²) in [5, 5.41) is 0. The van der Waals surface area contributed by atoms with Crippen molar-refractivity contribution in [2.24, 2.45) is 10.9 Å². The Bertz CT molecular complexity index is 1510. The largest absolute Gasteiger partial charge is 0.493 e. The molecule has 0 spiro atoms. The number of carbonyl (C=O) groups is 2. The number of hydrogen-bond donors (Lipinski definition) is 0. The number of rotatable bonds is 10. The predicted octanol–water partition coefficient (Wildman–Crippen LogP) is 6.81. The summed E-state index contributed by atoms with van der Waals surface area (Å²) in [7, 11) is 3.20. The maximum absolute atomic E-state index is 14.0. The van der Waals surface area contributed by atoms with E-state index in [1.807, 2.05) is 86.6 Å². The van der Waals surface area contributed by atoms with Crippen molar-refractivity contribution in [1.29, 1.82) is 0 Å². The van der Waals surface area contributed by atoms with Gasteiger partial charge in [-0.1, -0.05) is 55.5 Å². The molecule has 5 rings (SSSR count). The Morgan fingerprint density at radius 1 is 0.905 bits per heavy atom. The van der Waals surface area contributed by atoms with Gasteiger partial charge in [-0.05, 0) is 66.6 Å². The second kappa shape index (κ2) is 13.1. The third kappa shape index (κ3) is 6.10. The molecule has 2 aliphatic rings. The Labute approximate surface area is 247 Å². The number of aliphatic imine (C=N–C) groups is 1. The number of esters is 1. The zero-order valence-corrected chi connectivity index (χ0v) is 24.6. The fraction of sp³-hybridized carbons (Fsp3) is 0.343. The monoisotopic (exact) mass is 567 g/mol. The highest BCUT2D eigenvalue weighted by Crippen LogP contribution is 2.48. The van der Waals surface area contributed by atoms with Crippen LogP contribution in [0.2, 0.25) is 0 Å². The van der Waals surface area contributed by atoms with E-state index < -0.39 is 11.8 Å². The normalized spacial score (nSPS) is 20.0. The van der Waals surface area contributed by atoms with Crippen molar-refractivity contribution in [3.05, 3.63) is 101 Å². The molecule has 0 amide bonds. The summed E-state index contributed by atoms with van der Waals surface area (Å²) < 4.78 is 22.7. The van der Waals surface area contributed by atoms with Gasteiger partial charge in [-0.3, -0.25) is 14.6 Å². The molecule has 0 N–H and O–H groups in total. The van der Waals surface area contributed by atoms with Gasteiger partial charge < -0.3 is 18.9 Å². The molecule has 3 aromatic rings. The first-order valence-corrected chi connectivity index (χ1v) is 14.4. The van der Waals surface area contributed by atoms with Gasteiger partial charge >= 0.3 is 5.97 Å². The average Bonchev–Trinajstić information content (AvgIpc) is 3.02. The van der Waals surface area contributed by atoms with Crippen molar-refractivity contribution >= 4 is 17.5 Å². The molecule has 3 atom stereocenters. The van der Waals surface area contributed by atoms with Crippen LogP contribution in [0.1, 0.15) is 61.6 Å². The second-order valence-electron chi connectivity index (χ2n) is 10.7. The van der Waals surface area contributed by atoms with E-state index in [0.717, 1.165) is 22.4 Å². The lowest BCUT2D eigenvalue weighted by Gasteiger charge is -2.36. The fourth-order valence-corrected chi connectivity index (χ4v) is 5.90. The van der Waals surface area contributed by atoms with Gasteiger partial charge in [-0.25, -0.2) is 0 Å². The first-order chi connectivity index (χ1) is 20.4. The number of nitrogens with zero attached hydrogens (tertiary/aromatic N) is 1. The zero-order valence-electron chi connectivity index (χ0n) is 24.6. The average molecular weight is 568 g/mol. The Kier molecular flexibility index (Phi) is 9.06. The minimum absolute atomic E-state index is 0.0128. The molecule has 0 bridgehead atoms. The van der Waals surface area contributed by atoms with Crippen LogP contribution in [0.3, 0.4) is 0 Å². The molecule has 3 aromatic carbocycles. The van der Waals surface area contributed by atoms with Gasteiger partial charge in [0.2, 0.25) is 0 Å². The molecule has 7 nitrogen and oxygen atoms in total. The van der Waals surface area contributed by atoms with Gasteiger partial charge in [-0.15, -0.1) is 0 Å². The fourth-order valence-electron chi connectivity index (χ4n) is 5.90. The molecule has 1 aliphatic carbocycles. The van der Waals surface area contributed by atoms with E-state index in [0.29, 0.717) is 61.0 Å². The highest BCUT2D eigenvalue weighted by Gasteiger charge is 2.45. The molecule has 0 fully saturated rings. The SMILES string of the molecule is CCCOC(=O)C1C(C)=NC2=C(C(=O)C[C@@H](c3ccc(OC)c(OC)c3)C2)[C@@H]1c1cccc(OCc2ccccc2)c1. The lowest BCUT2D eigenvalue weighted by atomic mass is 9.69. The van der Waals surface area contributed by atoms with E-state index in [2.05, 4.69) is 0 Å². The summed E-state index contributed by atoms with van der Waals surface area (Å²) in [6, 6.07) is 23.4. The van der Waals surface area contributed by atoms with E-state index in [9.17, 15) is 9.59 Å². The smallest absolute Gasteiger partial charge is 0.315 e. The van der Waals surface area contributed by atoms with Gasteiger partial charge in [0.1, 0.15) is 18.3 Å². The number of methoxy groups -OCH3 is 2. The minimum Gasteiger partial charge on any atom is -0.493 e. The molecule has 218 valence electrons. The van der Waals surface area contributed by atoms with Crippen LogP contribution < -0.4 is 14.2 Å². The van der Waals surface area contributed by atoms with E-state index in [1.54, 1.807) is 14.2 Å². The van der Waals surface area contributed by atoms with Crippen LogP contribution in [0, 0.1) is 5.92 Å². The zero-order chi connectivity index (χ0) is 29.6. The summed E-state index contributed by atoms with van der Waals surface area (Å²) in [5.41, 5.74) is 4.84. The van der Waals surface area contributed by atoms with Gasteiger partial charge in [0.05, 0.1) is 20.8 Å². The van der Waals surface area contributed by atoms with E-state index in [-0.39, 0.29) is 17.7 Å². The summed E-state index contributed by atoms with van der Waals surface area (Å²) in [6.07, 6.45) is 1.59. The van der Waals surface area contributed by atoms with Crippen LogP contribution in [0.4, 0.5) is 0 Å². The molecule has 42 heavy (non-hydrogen) atoms. The molecule has 1 heterocycles. The Balaban J connectivity index is 1.51. The van der Waals surface area contributed by atoms with Crippen molar-refractivity contribution in [1.82, 2.24) is 0 Å². The standard InChI is InChI=1S/C35H37NO6/c1-5-16-41-35(38)32-22(2)36-28-18-26(24-14-15-30(39-3)31(20-24)40-4)19-29(37)34(28)33(32)25-12-9-13-27(17-25)42-21-23-10-7-6-8-11-23/h6-15,17,20,26,32-33H,5,16,18-19,21H2,1-4H3/t26-,32?,33+/m0/s1. The third-order valence-electron chi connectivity index (χ3n) is 7.94. The Hall–Kier alpha value is -4.39. The Morgan fingerprint density at radius 2 is 1.69 bits per heavy atom. The summed E-state index contributed by atoms with van der Waals surface area (Å²) in [4.78, 5) is 32.3. The molecule has 0 aromatic heterocycles. The Morgan fingerprint density at radius 3 is 2.43 bits per heavy atom. The number of hydrogen-bond acceptors (Lipinski definition) is 7. The first kappa shape index (κ1) is 29.1. The highest BCUT2D eigenvalue weighted by molar-refractivity contribution is 6.09. The van der Waals surface area contributed by atoms with Crippen LogP contribution in [0.25, 0.3) is 0 Å². The number of benzene rings is 3. The van der Waals surface area contributed by atoms with Gasteiger partial charge in [0, 0.05) is 29.3 Å². The van der Waals surface area contributed by atoms with Crippen LogP contribution in [0.5, 0.6) is 17.2 Å². The summed E-state index contributed by atoms with van der Waals surface area (Å²) in [5.74, 6) is 0.277. The number of Topliss-reactive ketones (excluding diaryl/α,β-unsaturated/α-hetero) is 1. The molecule has 1 aliphatic heterocycles. The first-order valence-electron chi connectivity index (χ1n) is 14.4. The van der Waals surface area contributed by atoms with Gasteiger partial charge in [0.15, 0.2) is 17.3 Å². The molecule has 0 saturated heterocycles. The lowest BCUT2D eigenvalue weighted by Crippen LogP contribution is -2.38. The van der Waals surface area contributed by atoms with Crippen LogP contribution in [0.15, 0.2) is 89.1 Å². The van der Waals surface area contributed by atoms with Crippen molar-refractivity contribution in [2.45, 2.75) is 51.6 Å². The number of allylic oxidation sites excluding steroid dienone is 2. The quantitative estimate of drug-likeness (QED) is 0.250. The molecule has 0 radical (unpaired) electrons. The maximum atomic E-state index is 14.0. The van der Waals surface area contributed by atoms with Crippen molar-refractivity contribution < 1.29 is 28.5 Å². The maximum Gasteiger partial charge on any atom is 0.315 e. The molecular formula is C35H37NO6. The minimum atomic E-state index is -0.693. The highest BCUT2D eigenvalue weighted by atomic mass is 16.5. The second-order valence-corrected chi connectivity index (χ2v) is 10.7. The van der Waals surface area contributed by atoms with Crippen molar-refractivity contribution in [3.63, 3.8) is 0 Å². The van der Waals surface area contributed by atoms with E-state index in [4.69, 9.17) is 23.9 Å². The number of ether oxygens (including phenoxy) is 4. The van der Waals surface area contributed by atoms with Crippen LogP contribution in [-0.4, -0.2) is 38.3 Å². The number of carbonyl (C=O) groups excluding carboxylic acids is 2. The van der Waals surface area contributed by atoms with Crippen LogP contribution in [-0.2, 0) is 20.9 Å². The molecule has 1 unspecified atom stereocenters. The molecule has 7 heteroatoms. The molecular weight excluding hydrogens is 530 g/mol. The van der Waals surface area contributed by atoms with E-state index >= 15 is 0 Å². The van der Waals surface area contributed by atoms with Crippen LogP contribution >= 0.6 is 0 Å². The topological polar surface area (TPSA) is 83.4 Å². The van der Waals surface area contributed by atoms with E-state index in [1.165, 1.54) is 0 Å². The third-order valence-corrected chi connectivity index (χ3v) is 7.94. The summed E-state index contributed by atoms with van der Waals surface area (Å²) in [6.45, 7) is 4.54. The summed E-state index contributed by atoms with van der Waals surface area (Å²) >= 11 is 0. The van der Waals surface area contributed by atoms with Crippen molar-refractivity contribution in [2.75, 3.05) is 20.8 Å². The van der Waals surface area contributed by atoms with Gasteiger partial charge in [-0.2, -0.15) is 0 Å². The van der Waals surface area contributed by atoms with Gasteiger partial charge in [0.25, 0.3) is 0 Å². The van der Waals surface area contributed by atoms with Crippen molar-refractivity contribution in [3.8, 4) is 17.2 Å². The molecule has 0 saturated carbocycles.